The van der Waals surface area contributed by atoms with E-state index in [1.54, 1.807) is 0 Å². The lowest BCUT2D eigenvalue weighted by Gasteiger charge is -2.35. The second-order valence-corrected chi connectivity index (χ2v) is 5.21. The quantitative estimate of drug-likeness (QED) is 0.741. The first-order chi connectivity index (χ1) is 9.93. The Morgan fingerprint density at radius 3 is 2.38 bits per heavy atom. The van der Waals surface area contributed by atoms with E-state index in [4.69, 9.17) is 10.2 Å². The highest BCUT2D eigenvalue weighted by Crippen LogP contribution is 2.22. The molecule has 1 aliphatic rings. The molecule has 0 spiro atoms. The zero-order valence-electron chi connectivity index (χ0n) is 11.9. The fraction of sp³-hybridized carbons (Fsp3) is 0.846. The Hall–Kier alpha value is -1.44. The van der Waals surface area contributed by atoms with Crippen LogP contribution in [0.4, 0.5) is 13.6 Å². The van der Waals surface area contributed by atoms with Crippen LogP contribution in [0.1, 0.15) is 25.7 Å². The number of carboxylic acid groups (broad SMARTS) is 1. The molecule has 0 aromatic heterocycles. The van der Waals surface area contributed by atoms with Crippen LogP contribution in [0.25, 0.3) is 0 Å². The van der Waals surface area contributed by atoms with Gasteiger partial charge >= 0.3 is 12.0 Å². The normalized spacial score (nSPS) is 16.3. The number of hydrogen-bond acceptors (Lipinski definition) is 3. The summed E-state index contributed by atoms with van der Waals surface area (Å²) in [6, 6.07) is -0.485. The fourth-order valence-electron chi connectivity index (χ4n) is 2.49. The van der Waals surface area contributed by atoms with Crippen molar-refractivity contribution in [2.45, 2.75) is 32.1 Å². The minimum Gasteiger partial charge on any atom is -0.481 e. The summed E-state index contributed by atoms with van der Waals surface area (Å²) in [4.78, 5) is 25.1. The molecule has 1 aliphatic heterocycles. The van der Waals surface area contributed by atoms with Crippen molar-refractivity contribution in [1.29, 1.82) is 0 Å². The van der Waals surface area contributed by atoms with Gasteiger partial charge < -0.3 is 20.0 Å². The number of amides is 2. The number of carboxylic acids is 1. The predicted molar refractivity (Wildman–Crippen MR) is 71.2 cm³/mol. The summed E-state index contributed by atoms with van der Waals surface area (Å²) in [5, 5.41) is 17.5. The summed E-state index contributed by atoms with van der Waals surface area (Å²) in [5.41, 5.74) is 0. The molecule has 2 amide bonds. The lowest BCUT2D eigenvalue weighted by Crippen LogP contribution is -2.49. The van der Waals surface area contributed by atoms with Gasteiger partial charge in [0.2, 0.25) is 0 Å². The van der Waals surface area contributed by atoms with Gasteiger partial charge in [-0.15, -0.1) is 0 Å². The molecule has 0 aromatic rings. The molecule has 0 saturated carbocycles. The molecular formula is C13H22F2N2O4. The Morgan fingerprint density at radius 1 is 1.29 bits per heavy atom. The zero-order valence-corrected chi connectivity index (χ0v) is 11.9. The maximum Gasteiger partial charge on any atom is 0.320 e. The van der Waals surface area contributed by atoms with E-state index in [0.717, 1.165) is 4.90 Å². The van der Waals surface area contributed by atoms with Gasteiger partial charge in [-0.25, -0.2) is 13.6 Å². The SMILES string of the molecule is O=C(O)CCC1CCN(C(=O)N(CCO)CC(F)F)CC1. The number of alkyl halides is 2. The maximum atomic E-state index is 12.4. The van der Waals surface area contributed by atoms with E-state index >= 15 is 0 Å². The van der Waals surface area contributed by atoms with Crippen molar-refractivity contribution in [3.63, 3.8) is 0 Å². The van der Waals surface area contributed by atoms with Crippen LogP contribution in [0.5, 0.6) is 0 Å². The summed E-state index contributed by atoms with van der Waals surface area (Å²) in [6.07, 6.45) is -0.579. The van der Waals surface area contributed by atoms with Crippen LogP contribution in [0.3, 0.4) is 0 Å². The van der Waals surface area contributed by atoms with Gasteiger partial charge in [0.05, 0.1) is 13.2 Å². The number of aliphatic hydroxyl groups excluding tert-OH is 1. The van der Waals surface area contributed by atoms with Gasteiger partial charge in [0.1, 0.15) is 0 Å². The Labute approximate surface area is 122 Å². The smallest absolute Gasteiger partial charge is 0.320 e. The third-order valence-electron chi connectivity index (χ3n) is 3.65. The van der Waals surface area contributed by atoms with Crippen LogP contribution in [-0.2, 0) is 4.79 Å². The number of aliphatic hydroxyl groups is 1. The van der Waals surface area contributed by atoms with Gasteiger partial charge in [0.15, 0.2) is 0 Å². The maximum absolute atomic E-state index is 12.4. The molecule has 6 nitrogen and oxygen atoms in total. The van der Waals surface area contributed by atoms with Crippen LogP contribution in [-0.4, -0.2) is 71.2 Å². The number of hydrogen-bond donors (Lipinski definition) is 2. The number of urea groups is 1. The Kier molecular flexibility index (Phi) is 7.35. The number of likely N-dealkylation sites (tertiary alicyclic amines) is 1. The van der Waals surface area contributed by atoms with E-state index in [1.807, 2.05) is 0 Å². The molecular weight excluding hydrogens is 286 g/mol. The number of rotatable bonds is 7. The van der Waals surface area contributed by atoms with Crippen LogP contribution >= 0.6 is 0 Å². The second-order valence-electron chi connectivity index (χ2n) is 5.21. The van der Waals surface area contributed by atoms with E-state index < -0.39 is 25.0 Å². The third kappa shape index (κ3) is 6.24. The first kappa shape index (κ1) is 17.6. The average molecular weight is 308 g/mol. The van der Waals surface area contributed by atoms with Crippen molar-refractivity contribution >= 4 is 12.0 Å². The number of piperidine rings is 1. The summed E-state index contributed by atoms with van der Waals surface area (Å²) < 4.78 is 24.8. The first-order valence-corrected chi connectivity index (χ1v) is 7.08. The number of halogens is 2. The van der Waals surface area contributed by atoms with Crippen molar-refractivity contribution in [3.8, 4) is 0 Å². The van der Waals surface area contributed by atoms with E-state index in [0.29, 0.717) is 32.4 Å². The van der Waals surface area contributed by atoms with Crippen molar-refractivity contribution in [3.05, 3.63) is 0 Å². The van der Waals surface area contributed by atoms with Gasteiger partial charge in [-0.3, -0.25) is 4.79 Å². The van der Waals surface area contributed by atoms with E-state index in [2.05, 4.69) is 0 Å². The lowest BCUT2D eigenvalue weighted by atomic mass is 9.92. The summed E-state index contributed by atoms with van der Waals surface area (Å²) >= 11 is 0. The molecule has 122 valence electrons. The highest BCUT2D eigenvalue weighted by Gasteiger charge is 2.27. The molecule has 0 bridgehead atoms. The molecule has 1 heterocycles. The number of carbonyl (C=O) groups is 2. The van der Waals surface area contributed by atoms with Crippen LogP contribution in [0.15, 0.2) is 0 Å². The third-order valence-corrected chi connectivity index (χ3v) is 3.65. The molecule has 2 N–H and O–H groups in total. The van der Waals surface area contributed by atoms with E-state index in [-0.39, 0.29) is 25.5 Å². The van der Waals surface area contributed by atoms with Gasteiger partial charge in [-0.2, -0.15) is 0 Å². The Bertz CT molecular complexity index is 347. The number of carbonyl (C=O) groups excluding carboxylic acids is 1. The lowest BCUT2D eigenvalue weighted by molar-refractivity contribution is -0.137. The summed E-state index contributed by atoms with van der Waals surface area (Å²) in [5.74, 6) is -0.578. The number of aliphatic carboxylic acids is 1. The Morgan fingerprint density at radius 2 is 1.90 bits per heavy atom. The van der Waals surface area contributed by atoms with Crippen molar-refractivity contribution in [2.24, 2.45) is 5.92 Å². The van der Waals surface area contributed by atoms with Gasteiger partial charge in [-0.05, 0) is 25.2 Å². The predicted octanol–water partition coefficient (Wildman–Crippen LogP) is 1.24. The first-order valence-electron chi connectivity index (χ1n) is 7.08. The monoisotopic (exact) mass is 308 g/mol. The van der Waals surface area contributed by atoms with Crippen LogP contribution in [0, 0.1) is 5.92 Å². The molecule has 21 heavy (non-hydrogen) atoms. The molecule has 1 saturated heterocycles. The summed E-state index contributed by atoms with van der Waals surface area (Å²) in [7, 11) is 0. The number of nitrogens with zero attached hydrogens (tertiary/aromatic N) is 2. The standard InChI is InChI=1S/C13H22F2N2O4/c14-11(15)9-17(7-8-18)13(21)16-5-3-10(4-6-16)1-2-12(19)20/h10-11,18H,1-9H2,(H,19,20). The minimum absolute atomic E-state index is 0.109. The van der Waals surface area contributed by atoms with Gasteiger partial charge in [0.25, 0.3) is 6.43 Å². The summed E-state index contributed by atoms with van der Waals surface area (Å²) in [6.45, 7) is -0.267. The molecule has 8 heteroatoms. The van der Waals surface area contributed by atoms with Gasteiger partial charge in [0, 0.05) is 26.1 Å². The molecule has 0 unspecified atom stereocenters. The molecule has 0 aromatic carbocycles. The molecule has 1 rings (SSSR count). The van der Waals surface area contributed by atoms with Crippen LogP contribution in [0.2, 0.25) is 0 Å². The molecule has 1 fully saturated rings. The van der Waals surface area contributed by atoms with Crippen molar-refractivity contribution in [2.75, 3.05) is 32.8 Å². The average Bonchev–Trinajstić information content (AvgIpc) is 2.44. The van der Waals surface area contributed by atoms with Crippen molar-refractivity contribution in [1.82, 2.24) is 9.80 Å². The molecule has 0 aliphatic carbocycles. The molecule has 0 atom stereocenters. The van der Waals surface area contributed by atoms with Gasteiger partial charge in [-0.1, -0.05) is 0 Å². The van der Waals surface area contributed by atoms with Crippen LogP contribution < -0.4 is 0 Å². The van der Waals surface area contributed by atoms with E-state index in [9.17, 15) is 18.4 Å². The minimum atomic E-state index is -2.63. The molecule has 0 radical (unpaired) electrons. The fourth-order valence-corrected chi connectivity index (χ4v) is 2.49. The Balaban J connectivity index is 2.43. The highest BCUT2D eigenvalue weighted by molar-refractivity contribution is 5.74. The largest absolute Gasteiger partial charge is 0.481 e. The zero-order chi connectivity index (χ0) is 15.8. The van der Waals surface area contributed by atoms with Crippen molar-refractivity contribution < 1.29 is 28.6 Å². The highest BCUT2D eigenvalue weighted by atomic mass is 19.3. The second kappa shape index (κ2) is 8.76. The van der Waals surface area contributed by atoms with E-state index in [1.165, 1.54) is 4.90 Å². The topological polar surface area (TPSA) is 81.1 Å².